The number of ether oxygens (including phenoxy) is 1. The highest BCUT2D eigenvalue weighted by Crippen LogP contribution is 2.20. The van der Waals surface area contributed by atoms with E-state index >= 15 is 0 Å². The lowest BCUT2D eigenvalue weighted by Gasteiger charge is -2.08. The Labute approximate surface area is 128 Å². The van der Waals surface area contributed by atoms with Crippen molar-refractivity contribution in [3.05, 3.63) is 59.7 Å². The Bertz CT molecular complexity index is 663. The van der Waals surface area contributed by atoms with Gasteiger partial charge in [-0.2, -0.15) is 0 Å². The van der Waals surface area contributed by atoms with E-state index in [0.29, 0.717) is 12.3 Å². The minimum Gasteiger partial charge on any atom is -0.489 e. The second-order valence-electron chi connectivity index (χ2n) is 6.02. The first-order valence-corrected chi connectivity index (χ1v) is 10.5. The molecule has 2 nitrogen and oxygen atoms in total. The minimum absolute atomic E-state index is 0.547. The minimum atomic E-state index is -1.41. The van der Waals surface area contributed by atoms with Gasteiger partial charge in [-0.25, -0.2) is 0 Å². The third kappa shape index (κ3) is 5.01. The summed E-state index contributed by atoms with van der Waals surface area (Å²) in [6.07, 6.45) is 0. The number of benzene rings is 2. The van der Waals surface area contributed by atoms with Crippen molar-refractivity contribution in [1.82, 2.24) is 0 Å². The molecule has 0 aliphatic carbocycles. The van der Waals surface area contributed by atoms with E-state index in [9.17, 15) is 0 Å². The lowest BCUT2D eigenvalue weighted by atomic mass is 10.2. The molecule has 0 fully saturated rings. The van der Waals surface area contributed by atoms with Crippen LogP contribution >= 0.6 is 0 Å². The fourth-order valence-electron chi connectivity index (χ4n) is 1.73. The van der Waals surface area contributed by atoms with Crippen molar-refractivity contribution in [2.45, 2.75) is 26.2 Å². The average molecular weight is 295 g/mol. The van der Waals surface area contributed by atoms with E-state index in [1.54, 1.807) is 0 Å². The van der Waals surface area contributed by atoms with Gasteiger partial charge in [0.25, 0.3) is 0 Å². The molecule has 0 saturated heterocycles. The summed E-state index contributed by atoms with van der Waals surface area (Å²) in [6, 6.07) is 15.8. The Kier molecular flexibility index (Phi) is 4.72. The predicted octanol–water partition coefficient (Wildman–Crippen LogP) is 4.08. The molecule has 0 amide bonds. The van der Waals surface area contributed by atoms with Gasteiger partial charge in [0.1, 0.15) is 20.4 Å². The first kappa shape index (κ1) is 15.2. The van der Waals surface area contributed by atoms with Crippen LogP contribution in [0.2, 0.25) is 19.6 Å². The normalized spacial score (nSPS) is 10.6. The monoisotopic (exact) mass is 295 g/mol. The van der Waals surface area contributed by atoms with E-state index in [0.717, 1.165) is 16.9 Å². The van der Waals surface area contributed by atoms with Crippen LogP contribution < -0.4 is 10.5 Å². The molecular formula is C18H21NOSi. The maximum Gasteiger partial charge on any atom is 0.129 e. The summed E-state index contributed by atoms with van der Waals surface area (Å²) in [7, 11) is -1.41. The van der Waals surface area contributed by atoms with Gasteiger partial charge in [0.05, 0.1) is 5.56 Å². The molecule has 0 heterocycles. The highest BCUT2D eigenvalue weighted by Gasteiger charge is 2.08. The van der Waals surface area contributed by atoms with Crippen LogP contribution in [-0.2, 0) is 6.61 Å². The van der Waals surface area contributed by atoms with E-state index in [1.165, 1.54) is 0 Å². The zero-order valence-electron chi connectivity index (χ0n) is 12.8. The molecule has 2 aromatic carbocycles. The Hall–Kier alpha value is -2.18. The number of hydrogen-bond donors (Lipinski definition) is 1. The summed E-state index contributed by atoms with van der Waals surface area (Å²) in [5.41, 5.74) is 12.0. The van der Waals surface area contributed by atoms with Crippen LogP contribution in [0.3, 0.4) is 0 Å². The first-order valence-electron chi connectivity index (χ1n) is 7.03. The zero-order valence-corrected chi connectivity index (χ0v) is 13.8. The lowest BCUT2D eigenvalue weighted by molar-refractivity contribution is 0.306. The van der Waals surface area contributed by atoms with Crippen LogP contribution in [0.5, 0.6) is 5.75 Å². The van der Waals surface area contributed by atoms with E-state index in [-0.39, 0.29) is 0 Å². The number of nitrogen functional groups attached to an aromatic ring is 1. The molecule has 0 aliphatic rings. The Morgan fingerprint density at radius 1 is 1.05 bits per heavy atom. The maximum atomic E-state index is 5.98. The highest BCUT2D eigenvalue weighted by atomic mass is 28.3. The van der Waals surface area contributed by atoms with E-state index < -0.39 is 8.07 Å². The van der Waals surface area contributed by atoms with Gasteiger partial charge in [-0.15, -0.1) is 5.54 Å². The van der Waals surface area contributed by atoms with Crippen molar-refractivity contribution in [2.75, 3.05) is 5.73 Å². The summed E-state index contributed by atoms with van der Waals surface area (Å²) in [5.74, 6) is 4.00. The molecule has 2 N–H and O–H groups in total. The van der Waals surface area contributed by atoms with Gasteiger partial charge in [0.15, 0.2) is 0 Å². The quantitative estimate of drug-likeness (QED) is 0.526. The third-order valence-corrected chi connectivity index (χ3v) is 3.72. The van der Waals surface area contributed by atoms with E-state index in [4.69, 9.17) is 10.5 Å². The lowest BCUT2D eigenvalue weighted by Crippen LogP contribution is -2.16. The molecule has 0 atom stereocenters. The van der Waals surface area contributed by atoms with Crippen LogP contribution in [0.1, 0.15) is 11.1 Å². The highest BCUT2D eigenvalue weighted by molar-refractivity contribution is 6.83. The summed E-state index contributed by atoms with van der Waals surface area (Å²) < 4.78 is 5.81. The van der Waals surface area contributed by atoms with Crippen LogP contribution in [0.15, 0.2) is 48.5 Å². The van der Waals surface area contributed by atoms with Crippen LogP contribution in [0.4, 0.5) is 5.69 Å². The molecule has 0 bridgehead atoms. The van der Waals surface area contributed by atoms with Crippen molar-refractivity contribution in [3.8, 4) is 17.2 Å². The second-order valence-corrected chi connectivity index (χ2v) is 10.8. The molecule has 108 valence electrons. The van der Waals surface area contributed by atoms with Gasteiger partial charge in [-0.1, -0.05) is 55.9 Å². The third-order valence-electron chi connectivity index (χ3n) is 2.85. The molecular weight excluding hydrogens is 274 g/mol. The summed E-state index contributed by atoms with van der Waals surface area (Å²) in [4.78, 5) is 0. The SMILES string of the molecule is C[Si](C)(C)C#Cc1cc(OCc2ccccc2)ccc1N. The number of rotatable bonds is 3. The molecule has 2 aromatic rings. The largest absolute Gasteiger partial charge is 0.489 e. The molecule has 0 unspecified atom stereocenters. The Morgan fingerprint density at radius 2 is 1.76 bits per heavy atom. The van der Waals surface area contributed by atoms with Gasteiger partial charge >= 0.3 is 0 Å². The molecule has 3 heteroatoms. The molecule has 0 saturated carbocycles. The average Bonchev–Trinajstić information content (AvgIpc) is 2.45. The molecule has 2 rings (SSSR count). The molecule has 0 aromatic heterocycles. The van der Waals surface area contributed by atoms with Gasteiger partial charge < -0.3 is 10.5 Å². The smallest absolute Gasteiger partial charge is 0.129 e. The van der Waals surface area contributed by atoms with E-state index in [1.807, 2.05) is 48.5 Å². The Balaban J connectivity index is 2.13. The van der Waals surface area contributed by atoms with Crippen molar-refractivity contribution in [1.29, 1.82) is 0 Å². The van der Waals surface area contributed by atoms with Crippen molar-refractivity contribution >= 4 is 13.8 Å². The fraction of sp³-hybridized carbons (Fsp3) is 0.222. The van der Waals surface area contributed by atoms with Gasteiger partial charge in [-0.3, -0.25) is 0 Å². The number of nitrogens with two attached hydrogens (primary N) is 1. The fourth-order valence-corrected chi connectivity index (χ4v) is 2.24. The standard InChI is InChI=1S/C18H21NOSi/c1-21(2,3)12-11-16-13-17(9-10-18(16)19)20-14-15-7-5-4-6-8-15/h4-10,13H,14,19H2,1-3H3. The van der Waals surface area contributed by atoms with E-state index in [2.05, 4.69) is 31.1 Å². The van der Waals surface area contributed by atoms with Crippen molar-refractivity contribution < 1.29 is 4.74 Å². The number of anilines is 1. The van der Waals surface area contributed by atoms with Crippen molar-refractivity contribution in [2.24, 2.45) is 0 Å². The zero-order chi connectivity index (χ0) is 15.3. The van der Waals surface area contributed by atoms with Gasteiger partial charge in [0, 0.05) is 5.69 Å². The first-order chi connectivity index (χ1) is 9.94. The molecule has 0 spiro atoms. The summed E-state index contributed by atoms with van der Waals surface area (Å²) in [6.45, 7) is 7.19. The van der Waals surface area contributed by atoms with Gasteiger partial charge in [-0.05, 0) is 23.8 Å². The van der Waals surface area contributed by atoms with Gasteiger partial charge in [0.2, 0.25) is 0 Å². The van der Waals surface area contributed by atoms with Crippen LogP contribution in [-0.4, -0.2) is 8.07 Å². The summed E-state index contributed by atoms with van der Waals surface area (Å²) >= 11 is 0. The maximum absolute atomic E-state index is 5.98. The second kappa shape index (κ2) is 6.51. The molecule has 21 heavy (non-hydrogen) atoms. The molecule has 0 radical (unpaired) electrons. The van der Waals surface area contributed by atoms with Crippen LogP contribution in [0, 0.1) is 11.5 Å². The topological polar surface area (TPSA) is 35.2 Å². The molecule has 0 aliphatic heterocycles. The number of hydrogen-bond acceptors (Lipinski definition) is 2. The summed E-state index contributed by atoms with van der Waals surface area (Å²) in [5, 5.41) is 0. The van der Waals surface area contributed by atoms with Crippen LogP contribution in [0.25, 0.3) is 0 Å². The van der Waals surface area contributed by atoms with Crippen molar-refractivity contribution in [3.63, 3.8) is 0 Å². The Morgan fingerprint density at radius 3 is 2.43 bits per heavy atom. The predicted molar refractivity (Wildman–Crippen MR) is 91.9 cm³/mol.